The second-order valence-corrected chi connectivity index (χ2v) is 9.33. The molecule has 172 valence electrons. The fraction of sp³-hybridized carbons (Fsp3) is 0.208. The number of nitrogens with zero attached hydrogens (tertiary/aromatic N) is 1. The number of rotatable bonds is 8. The molecule has 0 fully saturated rings. The molecule has 8 nitrogen and oxygen atoms in total. The van der Waals surface area contributed by atoms with Crippen molar-refractivity contribution in [2.45, 2.75) is 25.2 Å². The van der Waals surface area contributed by atoms with Crippen LogP contribution in [0.15, 0.2) is 70.8 Å². The third-order valence-electron chi connectivity index (χ3n) is 5.09. The standard InChI is InChI=1S/C24H24N2O6S/c1-16(25)24(17(2)27)22(28)15-32-23(29)12-9-18-7-10-20(11-8-18)33(30,31)26-14-13-19-5-3-4-6-21(19)26/h3-12,25,28H,13-15H2,1-2H3/b12-9+,24-22-,25-16?. The van der Waals surface area contributed by atoms with E-state index in [9.17, 15) is 23.1 Å². The van der Waals surface area contributed by atoms with Gasteiger partial charge >= 0.3 is 5.97 Å². The van der Waals surface area contributed by atoms with E-state index in [1.807, 2.05) is 18.2 Å². The molecule has 3 rings (SSSR count). The summed E-state index contributed by atoms with van der Waals surface area (Å²) < 4.78 is 32.4. The van der Waals surface area contributed by atoms with Gasteiger partial charge in [0.1, 0.15) is 12.4 Å². The van der Waals surface area contributed by atoms with Crippen LogP contribution in [-0.4, -0.2) is 44.1 Å². The number of nitrogens with one attached hydrogen (secondary N) is 1. The van der Waals surface area contributed by atoms with Crippen LogP contribution < -0.4 is 4.31 Å². The lowest BCUT2D eigenvalue weighted by Crippen LogP contribution is -2.29. The van der Waals surface area contributed by atoms with Crippen LogP contribution in [0, 0.1) is 5.41 Å². The summed E-state index contributed by atoms with van der Waals surface area (Å²) in [5.41, 5.74) is 1.94. The number of esters is 1. The second-order valence-electron chi connectivity index (χ2n) is 7.47. The van der Waals surface area contributed by atoms with Crippen molar-refractivity contribution in [1.82, 2.24) is 0 Å². The normalized spacial score (nSPS) is 14.1. The monoisotopic (exact) mass is 468 g/mol. The van der Waals surface area contributed by atoms with Crippen LogP contribution in [0.5, 0.6) is 0 Å². The van der Waals surface area contributed by atoms with Crippen molar-refractivity contribution < 1.29 is 27.9 Å². The van der Waals surface area contributed by atoms with Crippen LogP contribution in [-0.2, 0) is 30.8 Å². The first-order chi connectivity index (χ1) is 15.6. The summed E-state index contributed by atoms with van der Waals surface area (Å²) in [7, 11) is -3.70. The number of fused-ring (bicyclic) bond motifs is 1. The molecule has 0 saturated heterocycles. The highest BCUT2D eigenvalue weighted by Crippen LogP contribution is 2.32. The van der Waals surface area contributed by atoms with Gasteiger partial charge in [-0.15, -0.1) is 0 Å². The van der Waals surface area contributed by atoms with Gasteiger partial charge in [0, 0.05) is 18.3 Å². The van der Waals surface area contributed by atoms with E-state index < -0.39 is 34.1 Å². The molecular weight excluding hydrogens is 444 g/mol. The van der Waals surface area contributed by atoms with Crippen molar-refractivity contribution >= 4 is 39.3 Å². The summed E-state index contributed by atoms with van der Waals surface area (Å²) in [5.74, 6) is -1.76. The van der Waals surface area contributed by atoms with Crippen molar-refractivity contribution in [3.8, 4) is 0 Å². The lowest BCUT2D eigenvalue weighted by atomic mass is 10.1. The second kappa shape index (κ2) is 9.83. The molecule has 0 aliphatic carbocycles. The van der Waals surface area contributed by atoms with Gasteiger partial charge in [0.15, 0.2) is 5.78 Å². The fourth-order valence-corrected chi connectivity index (χ4v) is 5.05. The average molecular weight is 469 g/mol. The molecule has 1 aliphatic rings. The molecular formula is C24H24N2O6S. The molecule has 2 aromatic carbocycles. The van der Waals surface area contributed by atoms with Gasteiger partial charge in [0.2, 0.25) is 0 Å². The van der Waals surface area contributed by atoms with Crippen LogP contribution in [0.3, 0.4) is 0 Å². The molecule has 0 atom stereocenters. The Morgan fingerprint density at radius 3 is 2.42 bits per heavy atom. The van der Waals surface area contributed by atoms with Crippen molar-refractivity contribution in [3.05, 3.63) is 77.1 Å². The van der Waals surface area contributed by atoms with Gasteiger partial charge in [-0.05, 0) is 55.7 Å². The SMILES string of the molecule is CC(=N)/C(C(C)=O)=C(/O)COC(=O)/C=C/c1ccc(S(=O)(=O)N2CCc3ccccc32)cc1. The summed E-state index contributed by atoms with van der Waals surface area (Å²) >= 11 is 0. The fourth-order valence-electron chi connectivity index (χ4n) is 3.54. The quantitative estimate of drug-likeness (QED) is 0.265. The van der Waals surface area contributed by atoms with Crippen LogP contribution in [0.2, 0.25) is 0 Å². The zero-order valence-corrected chi connectivity index (χ0v) is 19.1. The number of anilines is 1. The first-order valence-electron chi connectivity index (χ1n) is 10.2. The predicted molar refractivity (Wildman–Crippen MR) is 125 cm³/mol. The van der Waals surface area contributed by atoms with Crippen LogP contribution in [0.25, 0.3) is 6.08 Å². The molecule has 2 aromatic rings. The predicted octanol–water partition coefficient (Wildman–Crippen LogP) is 3.44. The smallest absolute Gasteiger partial charge is 0.331 e. The number of aliphatic hydroxyl groups is 1. The molecule has 33 heavy (non-hydrogen) atoms. The molecule has 0 amide bonds. The van der Waals surface area contributed by atoms with Gasteiger partial charge in [-0.2, -0.15) is 0 Å². The zero-order valence-electron chi connectivity index (χ0n) is 18.2. The Morgan fingerprint density at radius 1 is 1.12 bits per heavy atom. The Labute approximate surface area is 192 Å². The Morgan fingerprint density at radius 2 is 1.79 bits per heavy atom. The maximum atomic E-state index is 13.0. The molecule has 0 aromatic heterocycles. The van der Waals surface area contributed by atoms with Gasteiger partial charge < -0.3 is 15.3 Å². The highest BCUT2D eigenvalue weighted by Gasteiger charge is 2.30. The number of ketones is 1. The molecule has 0 bridgehead atoms. The van der Waals surface area contributed by atoms with E-state index in [0.29, 0.717) is 24.2 Å². The molecule has 9 heteroatoms. The lowest BCUT2D eigenvalue weighted by molar-refractivity contribution is -0.137. The van der Waals surface area contributed by atoms with E-state index >= 15 is 0 Å². The number of hydrogen-bond acceptors (Lipinski definition) is 7. The summed E-state index contributed by atoms with van der Waals surface area (Å²) in [5, 5.41) is 17.4. The van der Waals surface area contributed by atoms with E-state index in [4.69, 9.17) is 10.1 Å². The number of benzene rings is 2. The number of aliphatic hydroxyl groups excluding tert-OH is 1. The minimum atomic E-state index is -3.70. The highest BCUT2D eigenvalue weighted by molar-refractivity contribution is 7.92. The zero-order chi connectivity index (χ0) is 24.2. The Bertz CT molecular complexity index is 1240. The van der Waals surface area contributed by atoms with E-state index in [1.165, 1.54) is 36.4 Å². The molecule has 2 N–H and O–H groups in total. The van der Waals surface area contributed by atoms with Crippen molar-refractivity contribution in [2.24, 2.45) is 0 Å². The van der Waals surface area contributed by atoms with Crippen molar-refractivity contribution in [2.75, 3.05) is 17.5 Å². The van der Waals surface area contributed by atoms with Crippen LogP contribution in [0.1, 0.15) is 25.0 Å². The number of ether oxygens (including phenoxy) is 1. The minimum absolute atomic E-state index is 0.126. The van der Waals surface area contributed by atoms with Crippen LogP contribution in [0.4, 0.5) is 5.69 Å². The third kappa shape index (κ3) is 5.38. The first-order valence-corrected chi connectivity index (χ1v) is 11.6. The van der Waals surface area contributed by atoms with Gasteiger partial charge in [-0.25, -0.2) is 13.2 Å². The van der Waals surface area contributed by atoms with Gasteiger partial charge in [0.25, 0.3) is 10.0 Å². The number of allylic oxidation sites excluding steroid dienone is 1. The van der Waals surface area contributed by atoms with E-state index in [0.717, 1.165) is 11.6 Å². The van der Waals surface area contributed by atoms with Gasteiger partial charge in [-0.3, -0.25) is 9.10 Å². The molecule has 0 unspecified atom stereocenters. The summed E-state index contributed by atoms with van der Waals surface area (Å²) in [6.45, 7) is 2.40. The summed E-state index contributed by atoms with van der Waals surface area (Å²) in [4.78, 5) is 23.5. The summed E-state index contributed by atoms with van der Waals surface area (Å²) in [6.07, 6.45) is 3.23. The molecule has 0 saturated carbocycles. The number of Topliss-reactive ketones (excluding diaryl/α,β-unsaturated/α-hetero) is 1. The van der Waals surface area contributed by atoms with Crippen molar-refractivity contribution in [1.29, 1.82) is 5.41 Å². The van der Waals surface area contributed by atoms with Gasteiger partial charge in [0.05, 0.1) is 16.2 Å². The highest BCUT2D eigenvalue weighted by atomic mass is 32.2. The average Bonchev–Trinajstić information content (AvgIpc) is 3.21. The van der Waals surface area contributed by atoms with E-state index in [1.54, 1.807) is 18.2 Å². The molecule has 1 heterocycles. The van der Waals surface area contributed by atoms with Crippen LogP contribution >= 0.6 is 0 Å². The minimum Gasteiger partial charge on any atom is -0.508 e. The Balaban J connectivity index is 1.66. The van der Waals surface area contributed by atoms with E-state index in [2.05, 4.69) is 0 Å². The summed E-state index contributed by atoms with van der Waals surface area (Å²) in [6, 6.07) is 13.5. The number of carbonyl (C=O) groups excluding carboxylic acids is 2. The number of sulfonamides is 1. The molecule has 0 radical (unpaired) electrons. The topological polar surface area (TPSA) is 125 Å². The Hall–Kier alpha value is -3.72. The molecule has 0 spiro atoms. The number of para-hydroxylation sites is 1. The molecule has 1 aliphatic heterocycles. The first kappa shape index (κ1) is 23.9. The van der Waals surface area contributed by atoms with E-state index in [-0.39, 0.29) is 16.2 Å². The van der Waals surface area contributed by atoms with Crippen molar-refractivity contribution in [3.63, 3.8) is 0 Å². The lowest BCUT2D eigenvalue weighted by Gasteiger charge is -2.19. The largest absolute Gasteiger partial charge is 0.508 e. The van der Waals surface area contributed by atoms with Gasteiger partial charge in [-0.1, -0.05) is 30.3 Å². The third-order valence-corrected chi connectivity index (χ3v) is 6.92. The maximum absolute atomic E-state index is 13.0. The number of carbonyl (C=O) groups is 2. The maximum Gasteiger partial charge on any atom is 0.331 e. The number of hydrogen-bond donors (Lipinski definition) is 2. The Kier molecular flexibility index (Phi) is 7.13.